The van der Waals surface area contributed by atoms with Crippen LogP contribution in [0.4, 0.5) is 0 Å². The minimum Gasteiger partial charge on any atom is -0.544 e. The third-order valence-corrected chi connectivity index (χ3v) is 7.34. The molecule has 0 aliphatic carbocycles. The second-order valence-corrected chi connectivity index (χ2v) is 12.7. The summed E-state index contributed by atoms with van der Waals surface area (Å²) < 4.78 is 17.0. The number of allylic oxidation sites excluding steroid dienone is 12. The van der Waals surface area contributed by atoms with Crippen LogP contribution in [0.2, 0.25) is 0 Å². The largest absolute Gasteiger partial charge is 0.544 e. The Kier molecular flexibility index (Phi) is 29.0. The lowest BCUT2D eigenvalue weighted by Crippen LogP contribution is -2.55. The molecule has 0 aliphatic rings. The maximum absolute atomic E-state index is 12.6. The smallest absolute Gasteiger partial charge is 0.306 e. The Morgan fingerprint density at radius 1 is 0.625 bits per heavy atom. The van der Waals surface area contributed by atoms with E-state index in [9.17, 15) is 19.5 Å². The van der Waals surface area contributed by atoms with E-state index in [0.29, 0.717) is 12.8 Å². The van der Waals surface area contributed by atoms with Crippen LogP contribution >= 0.6 is 0 Å². The van der Waals surface area contributed by atoms with Gasteiger partial charge in [0, 0.05) is 19.3 Å². The number of nitrogens with zero attached hydrogens (tertiary/aromatic N) is 1. The first kappa shape index (κ1) is 44.8. The second kappa shape index (κ2) is 31.1. The predicted molar refractivity (Wildman–Crippen MR) is 194 cm³/mol. The van der Waals surface area contributed by atoms with Crippen LogP contribution in [-0.2, 0) is 28.6 Å². The third-order valence-electron chi connectivity index (χ3n) is 7.34. The molecular formula is C40H65NO7. The van der Waals surface area contributed by atoms with Crippen molar-refractivity contribution in [1.29, 1.82) is 0 Å². The first-order chi connectivity index (χ1) is 23.1. The Morgan fingerprint density at radius 2 is 1.08 bits per heavy atom. The lowest BCUT2D eigenvalue weighted by Gasteiger charge is -2.34. The Bertz CT molecular complexity index is 1020. The van der Waals surface area contributed by atoms with Crippen molar-refractivity contribution in [3.05, 3.63) is 72.9 Å². The van der Waals surface area contributed by atoms with E-state index in [0.717, 1.165) is 64.2 Å². The van der Waals surface area contributed by atoms with E-state index in [2.05, 4.69) is 86.8 Å². The first-order valence-electron chi connectivity index (χ1n) is 18.0. The van der Waals surface area contributed by atoms with Gasteiger partial charge in [0.25, 0.3) is 0 Å². The number of carboxylic acids is 1. The molecule has 0 aromatic rings. The van der Waals surface area contributed by atoms with Gasteiger partial charge < -0.3 is 28.6 Å². The highest BCUT2D eigenvalue weighted by Crippen LogP contribution is 2.10. The van der Waals surface area contributed by atoms with Gasteiger partial charge in [0.15, 0.2) is 6.10 Å². The van der Waals surface area contributed by atoms with Crippen molar-refractivity contribution in [3.63, 3.8) is 0 Å². The molecule has 0 spiro atoms. The zero-order valence-electron chi connectivity index (χ0n) is 30.6. The highest BCUT2D eigenvalue weighted by atomic mass is 16.6. The summed E-state index contributed by atoms with van der Waals surface area (Å²) in [5.41, 5.74) is 0. The van der Waals surface area contributed by atoms with Gasteiger partial charge in [-0.25, -0.2) is 0 Å². The number of carbonyl (C=O) groups excluding carboxylic acids is 3. The Hall–Kier alpha value is -3.23. The predicted octanol–water partition coefficient (Wildman–Crippen LogP) is 7.51. The normalized spacial score (nSPS) is 13.9. The topological polar surface area (TPSA) is 102 Å². The Morgan fingerprint density at radius 3 is 1.54 bits per heavy atom. The molecule has 8 nitrogen and oxygen atoms in total. The first-order valence-corrected chi connectivity index (χ1v) is 18.0. The Balaban J connectivity index is 4.60. The molecule has 0 heterocycles. The number of likely N-dealkylation sites (N-methyl/N-ethyl adjacent to an activating group) is 1. The lowest BCUT2D eigenvalue weighted by atomic mass is 10.1. The van der Waals surface area contributed by atoms with Crippen LogP contribution in [0.5, 0.6) is 0 Å². The van der Waals surface area contributed by atoms with Crippen LogP contribution in [-0.4, -0.2) is 75.5 Å². The van der Waals surface area contributed by atoms with Crippen LogP contribution in [0.25, 0.3) is 0 Å². The van der Waals surface area contributed by atoms with E-state index in [1.54, 1.807) is 21.1 Å². The second-order valence-electron chi connectivity index (χ2n) is 12.7. The molecule has 0 aliphatic heterocycles. The van der Waals surface area contributed by atoms with E-state index in [-0.39, 0.29) is 55.5 Å². The number of ether oxygens (including phenoxy) is 3. The van der Waals surface area contributed by atoms with Crippen molar-refractivity contribution in [2.75, 3.05) is 41.0 Å². The van der Waals surface area contributed by atoms with Gasteiger partial charge in [0.05, 0.1) is 40.3 Å². The van der Waals surface area contributed by atoms with Crippen LogP contribution < -0.4 is 5.11 Å². The summed E-state index contributed by atoms with van der Waals surface area (Å²) >= 11 is 0. The molecule has 2 unspecified atom stereocenters. The van der Waals surface area contributed by atoms with Crippen molar-refractivity contribution < 1.29 is 38.2 Å². The molecule has 0 radical (unpaired) electrons. The average molecular weight is 672 g/mol. The van der Waals surface area contributed by atoms with Crippen molar-refractivity contribution in [2.24, 2.45) is 0 Å². The zero-order valence-corrected chi connectivity index (χ0v) is 30.6. The number of rotatable bonds is 30. The molecule has 0 saturated carbocycles. The molecule has 0 aromatic carbocycles. The summed E-state index contributed by atoms with van der Waals surface area (Å²) in [5.74, 6) is -1.86. The fraction of sp³-hybridized carbons (Fsp3) is 0.625. The SMILES string of the molecule is CC/C=C/C/C=C/C/C=C/CCCCC(=O)OCC(COCCC(C(=O)[O-])[N+](C)(C)C)OC(=O)CCCC/C=C/C/C=C/C/C=C/CC. The summed E-state index contributed by atoms with van der Waals surface area (Å²) in [5, 5.41) is 11.6. The molecule has 8 heteroatoms. The number of carboxylic acid groups (broad SMARTS) is 1. The van der Waals surface area contributed by atoms with Gasteiger partial charge in [-0.1, -0.05) is 86.8 Å². The van der Waals surface area contributed by atoms with Gasteiger partial charge in [-0.05, 0) is 77.0 Å². The van der Waals surface area contributed by atoms with Gasteiger partial charge in [0.2, 0.25) is 0 Å². The van der Waals surface area contributed by atoms with Gasteiger partial charge in [0.1, 0.15) is 12.6 Å². The van der Waals surface area contributed by atoms with Crippen LogP contribution in [0, 0.1) is 0 Å². The summed E-state index contributed by atoms with van der Waals surface area (Å²) in [4.78, 5) is 36.5. The number of hydrogen-bond acceptors (Lipinski definition) is 7. The molecule has 0 N–H and O–H groups in total. The van der Waals surface area contributed by atoms with E-state index in [4.69, 9.17) is 14.2 Å². The molecule has 48 heavy (non-hydrogen) atoms. The van der Waals surface area contributed by atoms with E-state index in [1.807, 2.05) is 0 Å². The van der Waals surface area contributed by atoms with Gasteiger partial charge >= 0.3 is 11.9 Å². The van der Waals surface area contributed by atoms with Crippen LogP contribution in [0.1, 0.15) is 110 Å². The van der Waals surface area contributed by atoms with Crippen LogP contribution in [0.15, 0.2) is 72.9 Å². The number of unbranched alkanes of at least 4 members (excludes halogenated alkanes) is 4. The van der Waals surface area contributed by atoms with Crippen molar-refractivity contribution in [2.45, 2.75) is 122 Å². The molecule has 0 saturated heterocycles. The molecule has 0 amide bonds. The Labute approximate surface area is 291 Å². The molecule has 0 bridgehead atoms. The number of hydrogen-bond donors (Lipinski definition) is 0. The average Bonchev–Trinajstić information content (AvgIpc) is 3.03. The maximum Gasteiger partial charge on any atom is 0.306 e. The molecule has 0 aromatic heterocycles. The van der Waals surface area contributed by atoms with E-state index >= 15 is 0 Å². The third kappa shape index (κ3) is 29.0. The fourth-order valence-corrected chi connectivity index (χ4v) is 4.57. The van der Waals surface area contributed by atoms with Crippen molar-refractivity contribution in [3.8, 4) is 0 Å². The standard InChI is InChI=1S/C40H65NO7/c1-6-8-10-12-14-16-18-20-22-24-26-28-30-38(42)47-35-36(34-46-33-32-37(40(44)45)41(3,4)5)48-39(43)31-29-27-25-23-21-19-17-15-13-11-9-7-2/h8-11,14-17,20-23,36-37H,6-7,12-13,18-19,24-35H2,1-5H3/b10-8+,11-9+,16-14+,17-15+,22-20+,23-21+. The van der Waals surface area contributed by atoms with Crippen molar-refractivity contribution in [1.82, 2.24) is 0 Å². The quantitative estimate of drug-likeness (QED) is 0.0337. The zero-order chi connectivity index (χ0) is 35.7. The number of carbonyl (C=O) groups is 3. The molecular weight excluding hydrogens is 606 g/mol. The summed E-state index contributed by atoms with van der Waals surface area (Å²) in [6, 6.07) is -0.740. The van der Waals surface area contributed by atoms with Gasteiger partial charge in [-0.2, -0.15) is 0 Å². The molecule has 272 valence electrons. The molecule has 0 fully saturated rings. The van der Waals surface area contributed by atoms with E-state index in [1.165, 1.54) is 0 Å². The minimum atomic E-state index is -1.14. The van der Waals surface area contributed by atoms with Gasteiger partial charge in [-0.3, -0.25) is 9.59 Å². The minimum absolute atomic E-state index is 0.00849. The van der Waals surface area contributed by atoms with Gasteiger partial charge in [-0.15, -0.1) is 0 Å². The lowest BCUT2D eigenvalue weighted by molar-refractivity contribution is -0.889. The van der Waals surface area contributed by atoms with Crippen molar-refractivity contribution >= 4 is 17.9 Å². The van der Waals surface area contributed by atoms with E-state index < -0.39 is 18.1 Å². The number of quaternary nitrogens is 1. The highest BCUT2D eigenvalue weighted by Gasteiger charge is 2.25. The number of aliphatic carboxylic acids is 1. The molecule has 2 atom stereocenters. The fourth-order valence-electron chi connectivity index (χ4n) is 4.57. The monoisotopic (exact) mass is 671 g/mol. The summed E-state index contributed by atoms with van der Waals surface area (Å²) in [6.07, 6.45) is 36.6. The number of esters is 2. The summed E-state index contributed by atoms with van der Waals surface area (Å²) in [7, 11) is 5.35. The maximum atomic E-state index is 12.6. The van der Waals surface area contributed by atoms with Crippen LogP contribution in [0.3, 0.4) is 0 Å². The highest BCUT2D eigenvalue weighted by molar-refractivity contribution is 5.70. The molecule has 0 rings (SSSR count). The summed E-state index contributed by atoms with van der Waals surface area (Å²) in [6.45, 7) is 4.30.